The molecule has 2 aliphatic rings. The molecule has 0 aliphatic heterocycles. The smallest absolute Gasteiger partial charge is 0.337 e. The van der Waals surface area contributed by atoms with Crippen LogP contribution in [-0.2, 0) is 19.5 Å². The minimum atomic E-state index is -3.41. The maximum atomic E-state index is 11.5. The van der Waals surface area contributed by atoms with Gasteiger partial charge in [-0.2, -0.15) is 0 Å². The van der Waals surface area contributed by atoms with Crippen LogP contribution >= 0.6 is 0 Å². The predicted molar refractivity (Wildman–Crippen MR) is 135 cm³/mol. The van der Waals surface area contributed by atoms with E-state index >= 15 is 0 Å². The van der Waals surface area contributed by atoms with Gasteiger partial charge in [-0.05, 0) is 73.9 Å². The number of nitrogens with one attached hydrogen (secondary N) is 1. The number of anilines is 2. The number of hydrogen-bond acceptors (Lipinski definition) is 9. The van der Waals surface area contributed by atoms with E-state index in [9.17, 15) is 18.0 Å². The standard InChI is InChI=1S/C13H17NO5S.C12H15NO3/c1-18-13(15)10-5-6-11(14-20(2,16)17)12(7-10)19-8-9-3-4-9;1-15-12(14)9-4-5-10(13)11(6-9)16-7-8-2-3-8/h5-7,9,14H,3-4,8H2,1-2H3;4-6,8H,2-3,7,13H2,1H3. The largest absolute Gasteiger partial charge is 0.491 e. The van der Waals surface area contributed by atoms with Crippen LogP contribution in [0.1, 0.15) is 46.4 Å². The summed E-state index contributed by atoms with van der Waals surface area (Å²) in [4.78, 5) is 22.8. The Kier molecular flexibility index (Phi) is 9.03. The highest BCUT2D eigenvalue weighted by atomic mass is 32.2. The van der Waals surface area contributed by atoms with Crippen molar-refractivity contribution in [3.8, 4) is 11.5 Å². The number of methoxy groups -OCH3 is 2. The van der Waals surface area contributed by atoms with Crippen molar-refractivity contribution in [2.75, 3.05) is 44.1 Å². The summed E-state index contributed by atoms with van der Waals surface area (Å²) in [6.45, 7) is 1.19. The summed E-state index contributed by atoms with van der Waals surface area (Å²) < 4.78 is 45.5. The summed E-state index contributed by atoms with van der Waals surface area (Å²) in [6, 6.07) is 9.39. The Hall–Kier alpha value is -3.47. The number of sulfonamides is 1. The van der Waals surface area contributed by atoms with Gasteiger partial charge in [0.2, 0.25) is 10.0 Å². The second-order valence-electron chi connectivity index (χ2n) is 8.83. The third-order valence-electron chi connectivity index (χ3n) is 5.48. The minimum absolute atomic E-state index is 0.317. The van der Waals surface area contributed by atoms with Gasteiger partial charge in [-0.15, -0.1) is 0 Å². The third-order valence-corrected chi connectivity index (χ3v) is 6.07. The second-order valence-corrected chi connectivity index (χ2v) is 10.6. The average Bonchev–Trinajstić information content (AvgIpc) is 3.76. The highest BCUT2D eigenvalue weighted by Gasteiger charge is 2.24. The lowest BCUT2D eigenvalue weighted by molar-refractivity contribution is 0.0591. The van der Waals surface area contributed by atoms with Gasteiger partial charge in [0.15, 0.2) is 0 Å². The quantitative estimate of drug-likeness (QED) is 0.355. The molecule has 10 nitrogen and oxygen atoms in total. The van der Waals surface area contributed by atoms with Crippen molar-refractivity contribution in [1.29, 1.82) is 0 Å². The fourth-order valence-corrected chi connectivity index (χ4v) is 3.63. The zero-order valence-corrected chi connectivity index (χ0v) is 21.4. The number of hydrogen-bond donors (Lipinski definition) is 2. The molecule has 2 aromatic rings. The summed E-state index contributed by atoms with van der Waals surface area (Å²) in [5.41, 5.74) is 7.41. The first kappa shape index (κ1) is 27.1. The van der Waals surface area contributed by atoms with Gasteiger partial charge >= 0.3 is 11.9 Å². The molecule has 2 saturated carbocycles. The molecule has 0 radical (unpaired) electrons. The van der Waals surface area contributed by atoms with Crippen molar-refractivity contribution in [3.05, 3.63) is 47.5 Å². The van der Waals surface area contributed by atoms with Crippen LogP contribution < -0.4 is 19.9 Å². The summed E-state index contributed by atoms with van der Waals surface area (Å²) in [5, 5.41) is 0. The Morgan fingerprint density at radius 1 is 0.861 bits per heavy atom. The van der Waals surface area contributed by atoms with E-state index in [0.717, 1.165) is 19.1 Å². The van der Waals surface area contributed by atoms with Gasteiger partial charge in [0.1, 0.15) is 11.5 Å². The number of rotatable bonds is 10. The molecule has 11 heteroatoms. The van der Waals surface area contributed by atoms with Gasteiger partial charge in [-0.25, -0.2) is 18.0 Å². The fourth-order valence-electron chi connectivity index (χ4n) is 3.06. The van der Waals surface area contributed by atoms with E-state index in [1.807, 2.05) is 0 Å². The Morgan fingerprint density at radius 2 is 1.33 bits per heavy atom. The van der Waals surface area contributed by atoms with Crippen LogP contribution in [0, 0.1) is 11.8 Å². The zero-order chi connectivity index (χ0) is 26.3. The molecule has 0 aromatic heterocycles. The highest BCUT2D eigenvalue weighted by Crippen LogP contribution is 2.33. The second kappa shape index (κ2) is 12.0. The molecule has 2 aromatic carbocycles. The van der Waals surface area contributed by atoms with Gasteiger partial charge in [0.05, 0.1) is 56.2 Å². The Balaban J connectivity index is 0.000000205. The van der Waals surface area contributed by atoms with Gasteiger partial charge in [0, 0.05) is 0 Å². The van der Waals surface area contributed by atoms with Crippen molar-refractivity contribution in [2.45, 2.75) is 25.7 Å². The Labute approximate surface area is 211 Å². The zero-order valence-electron chi connectivity index (χ0n) is 20.6. The first-order valence-corrected chi connectivity index (χ1v) is 13.4. The summed E-state index contributed by atoms with van der Waals surface area (Å²) in [5.74, 6) is 1.20. The molecule has 0 saturated heterocycles. The summed E-state index contributed by atoms with van der Waals surface area (Å²) in [6.07, 6.45) is 5.73. The van der Waals surface area contributed by atoms with E-state index in [1.165, 1.54) is 45.3 Å². The first-order chi connectivity index (χ1) is 17.1. The topological polar surface area (TPSA) is 143 Å². The van der Waals surface area contributed by atoms with Crippen molar-refractivity contribution in [3.63, 3.8) is 0 Å². The molecule has 0 heterocycles. The molecular formula is C25H32N2O8S. The van der Waals surface area contributed by atoms with Crippen LogP contribution in [0.5, 0.6) is 11.5 Å². The van der Waals surface area contributed by atoms with Gasteiger partial charge in [-0.3, -0.25) is 4.72 Å². The summed E-state index contributed by atoms with van der Waals surface area (Å²) in [7, 11) is -0.769. The lowest BCUT2D eigenvalue weighted by Crippen LogP contribution is -2.12. The molecule has 3 N–H and O–H groups in total. The molecule has 0 atom stereocenters. The Morgan fingerprint density at radius 3 is 1.81 bits per heavy atom. The SMILES string of the molecule is COC(=O)c1ccc(N)c(OCC2CC2)c1.COC(=O)c1ccc(NS(C)(=O)=O)c(OCC2CC2)c1. The number of nitrogens with two attached hydrogens (primary N) is 1. The number of carbonyl (C=O) groups is 2. The first-order valence-electron chi connectivity index (χ1n) is 11.5. The van der Waals surface area contributed by atoms with Crippen LogP contribution in [0.4, 0.5) is 11.4 Å². The van der Waals surface area contributed by atoms with E-state index in [0.29, 0.717) is 59.1 Å². The molecule has 2 aliphatic carbocycles. The van der Waals surface area contributed by atoms with Crippen molar-refractivity contribution >= 4 is 33.3 Å². The molecule has 0 spiro atoms. The highest BCUT2D eigenvalue weighted by molar-refractivity contribution is 7.92. The van der Waals surface area contributed by atoms with E-state index in [1.54, 1.807) is 18.2 Å². The van der Waals surface area contributed by atoms with E-state index in [4.69, 9.17) is 15.2 Å². The van der Waals surface area contributed by atoms with E-state index < -0.39 is 16.0 Å². The molecule has 196 valence electrons. The molecule has 36 heavy (non-hydrogen) atoms. The lowest BCUT2D eigenvalue weighted by atomic mass is 10.2. The molecular weight excluding hydrogens is 488 g/mol. The molecule has 0 amide bonds. The van der Waals surface area contributed by atoms with Crippen molar-refractivity contribution in [2.24, 2.45) is 11.8 Å². The van der Waals surface area contributed by atoms with Crippen LogP contribution in [0.25, 0.3) is 0 Å². The van der Waals surface area contributed by atoms with Crippen molar-refractivity contribution in [1.82, 2.24) is 0 Å². The average molecular weight is 521 g/mol. The predicted octanol–water partition coefficient (Wildman–Crippen LogP) is 3.48. The van der Waals surface area contributed by atoms with Gasteiger partial charge < -0.3 is 24.7 Å². The van der Waals surface area contributed by atoms with Gasteiger partial charge in [-0.1, -0.05) is 0 Å². The molecule has 0 bridgehead atoms. The number of benzene rings is 2. The van der Waals surface area contributed by atoms with Gasteiger partial charge in [0.25, 0.3) is 0 Å². The number of esters is 2. The monoisotopic (exact) mass is 520 g/mol. The number of ether oxygens (including phenoxy) is 4. The number of carbonyl (C=O) groups excluding carboxylic acids is 2. The van der Waals surface area contributed by atoms with E-state index in [2.05, 4.69) is 14.2 Å². The lowest BCUT2D eigenvalue weighted by Gasteiger charge is -2.13. The Bertz CT molecular complexity index is 1190. The molecule has 2 fully saturated rings. The maximum Gasteiger partial charge on any atom is 0.337 e. The van der Waals surface area contributed by atoms with Crippen LogP contribution in [0.15, 0.2) is 36.4 Å². The minimum Gasteiger partial charge on any atom is -0.491 e. The van der Waals surface area contributed by atoms with Crippen molar-refractivity contribution < 1.29 is 37.0 Å². The van der Waals surface area contributed by atoms with Crippen LogP contribution in [-0.4, -0.2) is 54.0 Å². The molecule has 4 rings (SSSR count). The normalized spacial score (nSPS) is 14.6. The van der Waals surface area contributed by atoms with Crippen LogP contribution in [0.3, 0.4) is 0 Å². The van der Waals surface area contributed by atoms with E-state index in [-0.39, 0.29) is 5.97 Å². The summed E-state index contributed by atoms with van der Waals surface area (Å²) >= 11 is 0. The van der Waals surface area contributed by atoms with Crippen LogP contribution in [0.2, 0.25) is 0 Å². The fraction of sp³-hybridized carbons (Fsp3) is 0.440. The molecule has 0 unspecified atom stereocenters. The number of nitrogen functional groups attached to an aromatic ring is 1. The third kappa shape index (κ3) is 8.63. The maximum absolute atomic E-state index is 11.5.